The first-order valence-corrected chi connectivity index (χ1v) is 7.42. The lowest BCUT2D eigenvalue weighted by atomic mass is 9.79. The van der Waals surface area contributed by atoms with Gasteiger partial charge in [0.05, 0.1) is 0 Å². The number of fused-ring (bicyclic) bond motifs is 1. The average molecular weight is 272 g/mol. The Kier molecular flexibility index (Phi) is 4.22. The van der Waals surface area contributed by atoms with E-state index in [2.05, 4.69) is 20.8 Å². The van der Waals surface area contributed by atoms with Crippen molar-refractivity contribution >= 4 is 10.8 Å². The minimum atomic E-state index is 0.230. The van der Waals surface area contributed by atoms with Crippen molar-refractivity contribution in [2.45, 2.75) is 46.5 Å². The Hall–Kier alpha value is -1.70. The maximum atomic E-state index is 10.1. The standard InChI is InChI=1S/C18H24O2/c1-4-18(3,5-2)10-9-13-11-15-14(17(20)12-13)7-6-8-16(15)19/h6-8,11-12,19-20H,4-5,9-10H2,1-3H3. The molecule has 0 fully saturated rings. The molecule has 2 aromatic carbocycles. The van der Waals surface area contributed by atoms with E-state index in [1.165, 1.54) is 0 Å². The Bertz CT molecular complexity index is 598. The van der Waals surface area contributed by atoms with Gasteiger partial charge in [-0.15, -0.1) is 0 Å². The number of benzene rings is 2. The second-order valence-corrected chi connectivity index (χ2v) is 6.00. The van der Waals surface area contributed by atoms with E-state index in [0.717, 1.165) is 36.6 Å². The number of phenols is 2. The first-order chi connectivity index (χ1) is 9.49. The molecule has 20 heavy (non-hydrogen) atoms. The summed E-state index contributed by atoms with van der Waals surface area (Å²) in [4.78, 5) is 0. The molecular formula is C18H24O2. The van der Waals surface area contributed by atoms with Gasteiger partial charge in [-0.1, -0.05) is 45.7 Å². The number of phenolic OH excluding ortho intramolecular Hbond substituents is 2. The van der Waals surface area contributed by atoms with Crippen molar-refractivity contribution in [2.24, 2.45) is 5.41 Å². The number of hydrogen-bond acceptors (Lipinski definition) is 2. The van der Waals surface area contributed by atoms with E-state index in [1.54, 1.807) is 12.1 Å². The van der Waals surface area contributed by atoms with Crippen LogP contribution in [0.25, 0.3) is 10.8 Å². The highest BCUT2D eigenvalue weighted by molar-refractivity contribution is 5.93. The largest absolute Gasteiger partial charge is 0.507 e. The molecule has 2 nitrogen and oxygen atoms in total. The normalized spacial score (nSPS) is 11.9. The van der Waals surface area contributed by atoms with Gasteiger partial charge in [-0.2, -0.15) is 0 Å². The van der Waals surface area contributed by atoms with Crippen molar-refractivity contribution < 1.29 is 10.2 Å². The number of aryl methyl sites for hydroxylation is 1. The smallest absolute Gasteiger partial charge is 0.123 e. The Morgan fingerprint density at radius 1 is 0.950 bits per heavy atom. The fourth-order valence-electron chi connectivity index (χ4n) is 2.60. The molecule has 0 atom stereocenters. The minimum Gasteiger partial charge on any atom is -0.507 e. The van der Waals surface area contributed by atoms with E-state index in [4.69, 9.17) is 0 Å². The van der Waals surface area contributed by atoms with Crippen molar-refractivity contribution in [3.8, 4) is 11.5 Å². The van der Waals surface area contributed by atoms with E-state index < -0.39 is 0 Å². The zero-order valence-electron chi connectivity index (χ0n) is 12.6. The average Bonchev–Trinajstić information content (AvgIpc) is 2.46. The lowest BCUT2D eigenvalue weighted by Gasteiger charge is -2.26. The van der Waals surface area contributed by atoms with Gasteiger partial charge in [0.25, 0.3) is 0 Å². The van der Waals surface area contributed by atoms with Gasteiger partial charge in [0.15, 0.2) is 0 Å². The second kappa shape index (κ2) is 5.74. The van der Waals surface area contributed by atoms with Crippen LogP contribution in [0.1, 0.15) is 45.6 Å². The SMILES string of the molecule is CCC(C)(CC)CCc1cc(O)c2cccc(O)c2c1. The predicted octanol–water partition coefficient (Wildman–Crippen LogP) is 5.01. The van der Waals surface area contributed by atoms with Crippen molar-refractivity contribution in [3.63, 3.8) is 0 Å². The lowest BCUT2D eigenvalue weighted by molar-refractivity contribution is 0.273. The fourth-order valence-corrected chi connectivity index (χ4v) is 2.60. The molecule has 2 rings (SSSR count). The van der Waals surface area contributed by atoms with Crippen molar-refractivity contribution in [1.29, 1.82) is 0 Å². The van der Waals surface area contributed by atoms with E-state index in [9.17, 15) is 10.2 Å². The summed E-state index contributed by atoms with van der Waals surface area (Å²) in [5.41, 5.74) is 1.44. The van der Waals surface area contributed by atoms with Crippen LogP contribution in [-0.4, -0.2) is 10.2 Å². The summed E-state index contributed by atoms with van der Waals surface area (Å²) in [5.74, 6) is 0.483. The van der Waals surface area contributed by atoms with Gasteiger partial charge in [0.2, 0.25) is 0 Å². The lowest BCUT2D eigenvalue weighted by Crippen LogP contribution is -2.14. The van der Waals surface area contributed by atoms with Crippen molar-refractivity contribution in [3.05, 3.63) is 35.9 Å². The molecule has 0 aromatic heterocycles. The first kappa shape index (κ1) is 14.7. The Morgan fingerprint density at radius 2 is 1.65 bits per heavy atom. The molecule has 0 spiro atoms. The molecule has 0 amide bonds. The molecule has 0 saturated carbocycles. The molecule has 0 saturated heterocycles. The second-order valence-electron chi connectivity index (χ2n) is 6.00. The molecule has 108 valence electrons. The van der Waals surface area contributed by atoms with Gasteiger partial charge in [-0.05, 0) is 42.0 Å². The third-order valence-corrected chi connectivity index (χ3v) is 4.74. The number of rotatable bonds is 5. The van der Waals surface area contributed by atoms with Crippen LogP contribution in [0, 0.1) is 5.41 Å². The highest BCUT2D eigenvalue weighted by Gasteiger charge is 2.19. The maximum Gasteiger partial charge on any atom is 0.123 e. The third-order valence-electron chi connectivity index (χ3n) is 4.74. The first-order valence-electron chi connectivity index (χ1n) is 7.42. The Labute approximate surface area is 121 Å². The van der Waals surface area contributed by atoms with E-state index in [1.807, 2.05) is 18.2 Å². The molecule has 2 N–H and O–H groups in total. The van der Waals surface area contributed by atoms with Gasteiger partial charge in [0, 0.05) is 10.8 Å². The fraction of sp³-hybridized carbons (Fsp3) is 0.444. The number of hydrogen-bond donors (Lipinski definition) is 2. The molecule has 0 unspecified atom stereocenters. The van der Waals surface area contributed by atoms with Crippen molar-refractivity contribution in [2.75, 3.05) is 0 Å². The predicted molar refractivity (Wildman–Crippen MR) is 84.3 cm³/mol. The molecule has 2 heteroatoms. The Balaban J connectivity index is 2.30. The minimum absolute atomic E-state index is 0.230. The molecule has 2 aromatic rings. The van der Waals surface area contributed by atoms with Crippen LogP contribution in [-0.2, 0) is 6.42 Å². The van der Waals surface area contributed by atoms with E-state index in [0.29, 0.717) is 10.8 Å². The van der Waals surface area contributed by atoms with Crippen molar-refractivity contribution in [1.82, 2.24) is 0 Å². The monoisotopic (exact) mass is 272 g/mol. The van der Waals surface area contributed by atoms with Gasteiger partial charge in [-0.25, -0.2) is 0 Å². The molecule has 0 aliphatic heterocycles. The van der Waals surface area contributed by atoms with Crippen LogP contribution in [0.4, 0.5) is 0 Å². The molecule has 0 aliphatic rings. The Morgan fingerprint density at radius 3 is 2.30 bits per heavy atom. The van der Waals surface area contributed by atoms with Gasteiger partial charge < -0.3 is 10.2 Å². The molecule has 0 heterocycles. The summed E-state index contributed by atoms with van der Waals surface area (Å²) in [6, 6.07) is 9.07. The molecular weight excluding hydrogens is 248 g/mol. The molecule has 0 bridgehead atoms. The van der Waals surface area contributed by atoms with E-state index >= 15 is 0 Å². The van der Waals surface area contributed by atoms with Crippen LogP contribution in [0.2, 0.25) is 0 Å². The maximum absolute atomic E-state index is 10.1. The highest BCUT2D eigenvalue weighted by atomic mass is 16.3. The van der Waals surface area contributed by atoms with Crippen LogP contribution in [0.5, 0.6) is 11.5 Å². The third kappa shape index (κ3) is 2.90. The van der Waals surface area contributed by atoms with Crippen LogP contribution >= 0.6 is 0 Å². The molecule has 0 radical (unpaired) electrons. The summed E-state index contributed by atoms with van der Waals surface area (Å²) in [7, 11) is 0. The van der Waals surface area contributed by atoms with Gasteiger partial charge in [-0.3, -0.25) is 0 Å². The summed E-state index contributed by atoms with van der Waals surface area (Å²) in [6.07, 6.45) is 4.34. The zero-order valence-corrected chi connectivity index (χ0v) is 12.6. The highest BCUT2D eigenvalue weighted by Crippen LogP contribution is 2.35. The summed E-state index contributed by atoms with van der Waals surface area (Å²) < 4.78 is 0. The van der Waals surface area contributed by atoms with Crippen LogP contribution < -0.4 is 0 Å². The summed E-state index contributed by atoms with van der Waals surface area (Å²) >= 11 is 0. The molecule has 0 aliphatic carbocycles. The summed E-state index contributed by atoms with van der Waals surface area (Å²) in [5, 5.41) is 21.5. The zero-order chi connectivity index (χ0) is 14.8. The van der Waals surface area contributed by atoms with Gasteiger partial charge >= 0.3 is 0 Å². The quantitative estimate of drug-likeness (QED) is 0.803. The van der Waals surface area contributed by atoms with Crippen LogP contribution in [0.3, 0.4) is 0 Å². The van der Waals surface area contributed by atoms with E-state index in [-0.39, 0.29) is 11.5 Å². The number of aromatic hydroxyl groups is 2. The topological polar surface area (TPSA) is 40.5 Å². The van der Waals surface area contributed by atoms with Gasteiger partial charge in [0.1, 0.15) is 11.5 Å². The van der Waals surface area contributed by atoms with Crippen LogP contribution in [0.15, 0.2) is 30.3 Å². The summed E-state index contributed by atoms with van der Waals surface area (Å²) in [6.45, 7) is 6.77.